The first-order valence-electron chi connectivity index (χ1n) is 8.79. The van der Waals surface area contributed by atoms with E-state index in [-0.39, 0.29) is 11.7 Å². The highest BCUT2D eigenvalue weighted by atomic mass is 32.1. The van der Waals surface area contributed by atoms with Crippen molar-refractivity contribution in [2.45, 2.75) is 19.8 Å². The molecular formula is C21H19FN2O2S. The summed E-state index contributed by atoms with van der Waals surface area (Å²) in [6, 6.07) is 10.8. The Kier molecular flexibility index (Phi) is 4.66. The molecule has 2 heterocycles. The molecule has 1 aliphatic heterocycles. The molecule has 0 spiro atoms. The van der Waals surface area contributed by atoms with E-state index in [1.807, 2.05) is 31.2 Å². The summed E-state index contributed by atoms with van der Waals surface area (Å²) in [6.07, 6.45) is 1.39. The number of hydrogen-bond acceptors (Lipinski definition) is 4. The molecule has 1 aliphatic rings. The lowest BCUT2D eigenvalue weighted by molar-refractivity contribution is 0.0981. The zero-order valence-corrected chi connectivity index (χ0v) is 16.0. The van der Waals surface area contributed by atoms with Gasteiger partial charge in [0.05, 0.1) is 18.4 Å². The minimum Gasteiger partial charge on any atom is -0.496 e. The van der Waals surface area contributed by atoms with Crippen molar-refractivity contribution >= 4 is 22.9 Å². The summed E-state index contributed by atoms with van der Waals surface area (Å²) in [5, 5.41) is 2.48. The number of benzene rings is 2. The molecule has 0 N–H and O–H groups in total. The molecule has 0 unspecified atom stereocenters. The number of methoxy groups -OCH3 is 1. The van der Waals surface area contributed by atoms with Gasteiger partial charge in [0.15, 0.2) is 0 Å². The molecule has 4 nitrogen and oxygen atoms in total. The van der Waals surface area contributed by atoms with Crippen molar-refractivity contribution in [3.05, 3.63) is 64.4 Å². The number of ether oxygens (including phenoxy) is 1. The second-order valence-corrected chi connectivity index (χ2v) is 7.35. The van der Waals surface area contributed by atoms with Gasteiger partial charge in [0.2, 0.25) is 0 Å². The van der Waals surface area contributed by atoms with Crippen molar-refractivity contribution in [2.75, 3.05) is 18.6 Å². The van der Waals surface area contributed by atoms with Gasteiger partial charge < -0.3 is 9.64 Å². The average molecular weight is 382 g/mol. The Balaban J connectivity index is 1.70. The van der Waals surface area contributed by atoms with Gasteiger partial charge in [0.1, 0.15) is 22.3 Å². The average Bonchev–Trinajstić information content (AvgIpc) is 3.20. The number of carbonyl (C=O) groups is 1. The fraction of sp³-hybridized carbons (Fsp3) is 0.238. The summed E-state index contributed by atoms with van der Waals surface area (Å²) in [7, 11) is 1.61. The third kappa shape index (κ3) is 3.10. The quantitative estimate of drug-likeness (QED) is 0.650. The van der Waals surface area contributed by atoms with Gasteiger partial charge in [-0.05, 0) is 43.5 Å². The van der Waals surface area contributed by atoms with E-state index in [4.69, 9.17) is 4.74 Å². The third-order valence-electron chi connectivity index (χ3n) is 4.81. The number of aromatic nitrogens is 1. The summed E-state index contributed by atoms with van der Waals surface area (Å²) >= 11 is 1.40. The van der Waals surface area contributed by atoms with E-state index in [1.54, 1.807) is 23.5 Å². The van der Waals surface area contributed by atoms with Crippen LogP contribution in [0.1, 0.15) is 28.0 Å². The van der Waals surface area contributed by atoms with E-state index >= 15 is 0 Å². The monoisotopic (exact) mass is 382 g/mol. The molecule has 27 heavy (non-hydrogen) atoms. The molecule has 1 aromatic heterocycles. The molecule has 0 saturated heterocycles. The topological polar surface area (TPSA) is 42.4 Å². The summed E-state index contributed by atoms with van der Waals surface area (Å²) in [5.74, 6) is 0.273. The summed E-state index contributed by atoms with van der Waals surface area (Å²) in [5.41, 5.74) is 3.44. The van der Waals surface area contributed by atoms with E-state index in [9.17, 15) is 9.18 Å². The molecule has 0 radical (unpaired) electrons. The second-order valence-electron chi connectivity index (χ2n) is 6.49. The Hall–Kier alpha value is -2.73. The third-order valence-corrected chi connectivity index (χ3v) is 5.69. The van der Waals surface area contributed by atoms with Gasteiger partial charge in [-0.3, -0.25) is 4.79 Å². The summed E-state index contributed by atoms with van der Waals surface area (Å²) in [4.78, 5) is 19.3. The van der Waals surface area contributed by atoms with Crippen LogP contribution >= 0.6 is 11.3 Å². The standard InChI is InChI=1S/C21H19FN2O2S/c1-13-9-10-16(22)14-7-5-11-24(19(13)14)21(25)17-12-27-20(23-17)15-6-3-4-8-18(15)26-2/h3-4,6,8-10,12H,5,7,11H2,1-2H3. The number of halogens is 1. The molecule has 0 fully saturated rings. The fourth-order valence-electron chi connectivity index (χ4n) is 3.53. The predicted octanol–water partition coefficient (Wildman–Crippen LogP) is 4.86. The Morgan fingerprint density at radius 3 is 2.89 bits per heavy atom. The minimum absolute atomic E-state index is 0.193. The predicted molar refractivity (Wildman–Crippen MR) is 105 cm³/mol. The first-order valence-corrected chi connectivity index (χ1v) is 9.67. The molecule has 0 bridgehead atoms. The number of amides is 1. The zero-order chi connectivity index (χ0) is 19.0. The number of aryl methyl sites for hydroxylation is 1. The number of anilines is 1. The Bertz CT molecular complexity index is 1020. The van der Waals surface area contributed by atoms with E-state index in [0.29, 0.717) is 35.7 Å². The molecule has 0 atom stereocenters. The Morgan fingerprint density at radius 2 is 2.07 bits per heavy atom. The number of hydrogen-bond donors (Lipinski definition) is 0. The molecule has 2 aromatic carbocycles. The highest BCUT2D eigenvalue weighted by Crippen LogP contribution is 2.35. The number of fused-ring (bicyclic) bond motifs is 1. The largest absolute Gasteiger partial charge is 0.496 e. The molecule has 0 saturated carbocycles. The van der Waals surface area contributed by atoms with Crippen molar-refractivity contribution in [1.82, 2.24) is 4.98 Å². The molecule has 138 valence electrons. The lowest BCUT2D eigenvalue weighted by Gasteiger charge is -2.30. The van der Waals surface area contributed by atoms with Gasteiger partial charge in [-0.1, -0.05) is 18.2 Å². The van der Waals surface area contributed by atoms with Gasteiger partial charge in [-0.25, -0.2) is 9.37 Å². The highest BCUT2D eigenvalue weighted by molar-refractivity contribution is 7.13. The summed E-state index contributed by atoms with van der Waals surface area (Å²) < 4.78 is 19.6. The van der Waals surface area contributed by atoms with Crippen LogP contribution in [0.3, 0.4) is 0 Å². The van der Waals surface area contributed by atoms with Crippen molar-refractivity contribution in [2.24, 2.45) is 0 Å². The highest BCUT2D eigenvalue weighted by Gasteiger charge is 2.28. The maximum Gasteiger partial charge on any atom is 0.277 e. The fourth-order valence-corrected chi connectivity index (χ4v) is 4.35. The van der Waals surface area contributed by atoms with E-state index in [1.165, 1.54) is 17.4 Å². The molecule has 1 amide bonds. The van der Waals surface area contributed by atoms with Crippen molar-refractivity contribution < 1.29 is 13.9 Å². The van der Waals surface area contributed by atoms with Crippen LogP contribution in [0.5, 0.6) is 5.75 Å². The van der Waals surface area contributed by atoms with Crippen LogP contribution in [0.15, 0.2) is 41.8 Å². The van der Waals surface area contributed by atoms with Crippen molar-refractivity contribution in [3.8, 4) is 16.3 Å². The molecular weight excluding hydrogens is 363 g/mol. The van der Waals surface area contributed by atoms with Gasteiger partial charge in [0.25, 0.3) is 5.91 Å². The lowest BCUT2D eigenvalue weighted by atomic mass is 9.97. The maximum absolute atomic E-state index is 14.2. The van der Waals surface area contributed by atoms with Crippen LogP contribution in [0.4, 0.5) is 10.1 Å². The summed E-state index contributed by atoms with van der Waals surface area (Å²) in [6.45, 7) is 2.48. The van der Waals surface area contributed by atoms with E-state index in [2.05, 4.69) is 4.98 Å². The lowest BCUT2D eigenvalue weighted by Crippen LogP contribution is -2.36. The van der Waals surface area contributed by atoms with Crippen LogP contribution in [-0.4, -0.2) is 24.5 Å². The van der Waals surface area contributed by atoms with Gasteiger partial charge >= 0.3 is 0 Å². The molecule has 3 aromatic rings. The van der Waals surface area contributed by atoms with Gasteiger partial charge in [-0.15, -0.1) is 11.3 Å². The van der Waals surface area contributed by atoms with Crippen LogP contribution in [-0.2, 0) is 6.42 Å². The Labute approximate surface area is 161 Å². The van der Waals surface area contributed by atoms with Crippen molar-refractivity contribution in [3.63, 3.8) is 0 Å². The van der Waals surface area contributed by atoms with Gasteiger partial charge in [-0.2, -0.15) is 0 Å². The number of para-hydroxylation sites is 1. The van der Waals surface area contributed by atoms with Crippen molar-refractivity contribution in [1.29, 1.82) is 0 Å². The smallest absolute Gasteiger partial charge is 0.277 e. The molecule has 6 heteroatoms. The number of rotatable bonds is 3. The van der Waals surface area contributed by atoms with Gasteiger partial charge in [0, 0.05) is 17.5 Å². The maximum atomic E-state index is 14.2. The zero-order valence-electron chi connectivity index (χ0n) is 15.2. The van der Waals surface area contributed by atoms with Crippen LogP contribution in [0, 0.1) is 12.7 Å². The van der Waals surface area contributed by atoms with Crippen LogP contribution < -0.4 is 9.64 Å². The number of nitrogens with zero attached hydrogens (tertiary/aromatic N) is 2. The van der Waals surface area contributed by atoms with Crippen LogP contribution in [0.25, 0.3) is 10.6 Å². The number of carbonyl (C=O) groups excluding carboxylic acids is 1. The number of thiazole rings is 1. The van der Waals surface area contributed by atoms with E-state index < -0.39 is 0 Å². The second kappa shape index (κ2) is 7.12. The normalized spacial score (nSPS) is 13.4. The first kappa shape index (κ1) is 17.7. The minimum atomic E-state index is -0.249. The Morgan fingerprint density at radius 1 is 1.26 bits per heavy atom. The first-order chi connectivity index (χ1) is 13.1. The van der Waals surface area contributed by atoms with E-state index in [0.717, 1.165) is 22.6 Å². The SMILES string of the molecule is COc1ccccc1-c1nc(C(=O)N2CCCc3c(F)ccc(C)c32)cs1. The molecule has 0 aliphatic carbocycles. The van der Waals surface area contributed by atoms with Crippen LogP contribution in [0.2, 0.25) is 0 Å². The molecule has 4 rings (SSSR count).